The highest BCUT2D eigenvalue weighted by Crippen LogP contribution is 2.07. The number of hydrogen-bond acceptors (Lipinski definition) is 2. The van der Waals surface area contributed by atoms with Crippen LogP contribution in [-0.4, -0.2) is 4.98 Å². The van der Waals surface area contributed by atoms with Crippen molar-refractivity contribution < 1.29 is 0 Å². The molecule has 2 nitrogen and oxygen atoms in total. The fourth-order valence-electron chi connectivity index (χ4n) is 0.664. The molecule has 10 heavy (non-hydrogen) atoms. The van der Waals surface area contributed by atoms with Crippen molar-refractivity contribution in [1.29, 1.82) is 0 Å². The minimum atomic E-state index is 0.541. The topological polar surface area (TPSA) is 38.9 Å². The molecule has 1 aromatic heterocycles. The van der Waals surface area contributed by atoms with Gasteiger partial charge in [-0.05, 0) is 18.6 Å². The third-order valence-electron chi connectivity index (χ3n) is 1.29. The lowest BCUT2D eigenvalue weighted by atomic mass is 10.2. The number of nitrogen functional groups attached to an aromatic ring is 1. The van der Waals surface area contributed by atoms with Crippen LogP contribution in [0.3, 0.4) is 0 Å². The molecular weight excluding hydrogens is 124 g/mol. The Morgan fingerprint density at radius 3 is 2.90 bits per heavy atom. The van der Waals surface area contributed by atoms with Crippen molar-refractivity contribution in [2.24, 2.45) is 0 Å². The van der Waals surface area contributed by atoms with Gasteiger partial charge in [0.05, 0.1) is 0 Å². The Bertz CT molecular complexity index is 284. The van der Waals surface area contributed by atoms with E-state index in [4.69, 9.17) is 12.2 Å². The van der Waals surface area contributed by atoms with Crippen molar-refractivity contribution in [2.45, 2.75) is 6.92 Å². The lowest BCUT2D eigenvalue weighted by Crippen LogP contribution is -1.93. The van der Waals surface area contributed by atoms with Gasteiger partial charge in [-0.3, -0.25) is 0 Å². The first-order valence-electron chi connectivity index (χ1n) is 2.93. The van der Waals surface area contributed by atoms with Crippen molar-refractivity contribution in [3.8, 4) is 12.3 Å². The standard InChI is InChI=1S/C8H8N2/c1-3-7-4-6(2)8(9)10-5-7/h1,4-5H,2H3,(H2,9,10). The van der Waals surface area contributed by atoms with Gasteiger partial charge in [0.25, 0.3) is 0 Å². The molecule has 0 aromatic carbocycles. The Balaban J connectivity index is 3.20. The van der Waals surface area contributed by atoms with Crippen LogP contribution >= 0.6 is 0 Å². The van der Waals surface area contributed by atoms with Crippen LogP contribution in [0.15, 0.2) is 12.3 Å². The lowest BCUT2D eigenvalue weighted by Gasteiger charge is -1.96. The van der Waals surface area contributed by atoms with Gasteiger partial charge in [0, 0.05) is 11.8 Å². The molecule has 1 heterocycles. The van der Waals surface area contributed by atoms with Gasteiger partial charge in [0.15, 0.2) is 0 Å². The molecule has 50 valence electrons. The summed E-state index contributed by atoms with van der Waals surface area (Å²) in [6.45, 7) is 1.88. The highest BCUT2D eigenvalue weighted by atomic mass is 14.8. The Hall–Kier alpha value is -1.49. The van der Waals surface area contributed by atoms with Crippen LogP contribution in [0.1, 0.15) is 11.1 Å². The summed E-state index contributed by atoms with van der Waals surface area (Å²) in [6, 6.07) is 1.84. The van der Waals surface area contributed by atoms with E-state index in [1.54, 1.807) is 6.20 Å². The van der Waals surface area contributed by atoms with Gasteiger partial charge in [-0.25, -0.2) is 4.98 Å². The van der Waals surface area contributed by atoms with Crippen molar-refractivity contribution in [1.82, 2.24) is 4.98 Å². The number of rotatable bonds is 0. The number of hydrogen-bond donors (Lipinski definition) is 1. The lowest BCUT2D eigenvalue weighted by molar-refractivity contribution is 1.27. The smallest absolute Gasteiger partial charge is 0.126 e. The van der Waals surface area contributed by atoms with Gasteiger partial charge in [0.1, 0.15) is 5.82 Å². The van der Waals surface area contributed by atoms with Gasteiger partial charge in [-0.15, -0.1) is 6.42 Å². The molecule has 0 saturated heterocycles. The number of aryl methyl sites for hydroxylation is 1. The van der Waals surface area contributed by atoms with E-state index in [0.717, 1.165) is 11.1 Å². The first kappa shape index (κ1) is 6.63. The van der Waals surface area contributed by atoms with Crippen LogP contribution in [0.5, 0.6) is 0 Å². The molecule has 0 atom stereocenters. The molecule has 0 bridgehead atoms. The maximum Gasteiger partial charge on any atom is 0.126 e. The number of terminal acetylenes is 1. The molecule has 0 unspecified atom stereocenters. The predicted molar refractivity (Wildman–Crippen MR) is 41.3 cm³/mol. The molecule has 2 N–H and O–H groups in total. The molecule has 2 heteroatoms. The zero-order valence-electron chi connectivity index (χ0n) is 5.76. The minimum Gasteiger partial charge on any atom is -0.383 e. The van der Waals surface area contributed by atoms with Crippen LogP contribution in [0, 0.1) is 19.3 Å². The second-order valence-corrected chi connectivity index (χ2v) is 2.07. The summed E-state index contributed by atoms with van der Waals surface area (Å²) in [5.41, 5.74) is 7.16. The summed E-state index contributed by atoms with van der Waals surface area (Å²) in [4.78, 5) is 3.88. The molecule has 0 aliphatic carbocycles. The predicted octanol–water partition coefficient (Wildman–Crippen LogP) is 0.954. The van der Waals surface area contributed by atoms with Gasteiger partial charge < -0.3 is 5.73 Å². The molecule has 0 radical (unpaired) electrons. The fraction of sp³-hybridized carbons (Fsp3) is 0.125. The maximum absolute atomic E-state index is 5.46. The Labute approximate surface area is 60.1 Å². The van der Waals surface area contributed by atoms with Gasteiger partial charge in [-0.1, -0.05) is 5.92 Å². The van der Waals surface area contributed by atoms with Crippen LogP contribution in [0.4, 0.5) is 5.82 Å². The number of nitrogens with two attached hydrogens (primary N) is 1. The maximum atomic E-state index is 5.46. The summed E-state index contributed by atoms with van der Waals surface area (Å²) < 4.78 is 0. The van der Waals surface area contributed by atoms with E-state index >= 15 is 0 Å². The first-order valence-corrected chi connectivity index (χ1v) is 2.93. The molecule has 0 fully saturated rings. The summed E-state index contributed by atoms with van der Waals surface area (Å²) in [5, 5.41) is 0. The molecule has 0 saturated carbocycles. The van der Waals surface area contributed by atoms with E-state index in [0.29, 0.717) is 5.82 Å². The van der Waals surface area contributed by atoms with E-state index in [1.807, 2.05) is 13.0 Å². The summed E-state index contributed by atoms with van der Waals surface area (Å²) in [6.07, 6.45) is 6.72. The third kappa shape index (κ3) is 1.08. The molecule has 0 amide bonds. The van der Waals surface area contributed by atoms with E-state index in [-0.39, 0.29) is 0 Å². The molecule has 1 rings (SSSR count). The minimum absolute atomic E-state index is 0.541. The first-order chi connectivity index (χ1) is 4.74. The largest absolute Gasteiger partial charge is 0.383 e. The van der Waals surface area contributed by atoms with Crippen LogP contribution in [-0.2, 0) is 0 Å². The van der Waals surface area contributed by atoms with Gasteiger partial charge in [-0.2, -0.15) is 0 Å². The van der Waals surface area contributed by atoms with Crippen molar-refractivity contribution >= 4 is 5.82 Å². The zero-order chi connectivity index (χ0) is 7.56. The fourth-order valence-corrected chi connectivity index (χ4v) is 0.664. The second kappa shape index (κ2) is 2.40. The van der Waals surface area contributed by atoms with E-state index in [2.05, 4.69) is 10.9 Å². The van der Waals surface area contributed by atoms with Gasteiger partial charge in [0.2, 0.25) is 0 Å². The number of nitrogens with zero attached hydrogens (tertiary/aromatic N) is 1. The molecule has 0 aliphatic heterocycles. The van der Waals surface area contributed by atoms with E-state index in [9.17, 15) is 0 Å². The molecule has 1 aromatic rings. The molecule has 0 aliphatic rings. The van der Waals surface area contributed by atoms with Crippen molar-refractivity contribution in [3.63, 3.8) is 0 Å². The average molecular weight is 132 g/mol. The molecular formula is C8H8N2. The van der Waals surface area contributed by atoms with E-state index in [1.165, 1.54) is 0 Å². The summed E-state index contributed by atoms with van der Waals surface area (Å²) in [7, 11) is 0. The third-order valence-corrected chi connectivity index (χ3v) is 1.29. The monoisotopic (exact) mass is 132 g/mol. The Morgan fingerprint density at radius 2 is 2.40 bits per heavy atom. The van der Waals surface area contributed by atoms with Gasteiger partial charge >= 0.3 is 0 Å². The quantitative estimate of drug-likeness (QED) is 0.534. The number of pyridine rings is 1. The van der Waals surface area contributed by atoms with Crippen LogP contribution < -0.4 is 5.73 Å². The van der Waals surface area contributed by atoms with Crippen LogP contribution in [0.2, 0.25) is 0 Å². The van der Waals surface area contributed by atoms with Crippen LogP contribution in [0.25, 0.3) is 0 Å². The highest BCUT2D eigenvalue weighted by molar-refractivity contribution is 5.43. The highest BCUT2D eigenvalue weighted by Gasteiger charge is 1.93. The SMILES string of the molecule is C#Cc1cnc(N)c(C)c1. The number of aromatic nitrogens is 1. The van der Waals surface area contributed by atoms with Crippen molar-refractivity contribution in [2.75, 3.05) is 5.73 Å². The summed E-state index contributed by atoms with van der Waals surface area (Å²) in [5.74, 6) is 3.02. The zero-order valence-corrected chi connectivity index (χ0v) is 5.76. The summed E-state index contributed by atoms with van der Waals surface area (Å²) >= 11 is 0. The Morgan fingerprint density at radius 1 is 1.70 bits per heavy atom. The molecule has 0 spiro atoms. The average Bonchev–Trinajstić information content (AvgIpc) is 1.95. The number of anilines is 1. The second-order valence-electron chi connectivity index (χ2n) is 2.07. The van der Waals surface area contributed by atoms with E-state index < -0.39 is 0 Å². The van der Waals surface area contributed by atoms with Crippen molar-refractivity contribution in [3.05, 3.63) is 23.4 Å². The Kier molecular flexibility index (Phi) is 1.59. The normalized spacial score (nSPS) is 8.80.